The maximum atomic E-state index is 13.5. The summed E-state index contributed by atoms with van der Waals surface area (Å²) in [4.78, 5) is 52.8. The van der Waals surface area contributed by atoms with E-state index in [9.17, 15) is 19.2 Å². The third-order valence-electron chi connectivity index (χ3n) is 6.25. The van der Waals surface area contributed by atoms with E-state index in [1.165, 1.54) is 4.90 Å². The van der Waals surface area contributed by atoms with Gasteiger partial charge in [0.2, 0.25) is 23.3 Å². The molecule has 8 nitrogen and oxygen atoms in total. The SMILES string of the molecule is CC(C)(C)N1C(=O)[C@@H]2[C@H](CCC(N)=O)[NH2+][C@@]3(C(=O)Nc4c(Cl)cccc43)[C@@H]2C1=O. The molecule has 9 heteroatoms. The lowest BCUT2D eigenvalue weighted by Gasteiger charge is -2.33. The van der Waals surface area contributed by atoms with Crippen LogP contribution >= 0.6 is 11.6 Å². The number of rotatable bonds is 3. The van der Waals surface area contributed by atoms with Gasteiger partial charge in [0, 0.05) is 23.9 Å². The van der Waals surface area contributed by atoms with Crippen molar-refractivity contribution in [2.24, 2.45) is 17.6 Å². The number of hydrogen-bond donors (Lipinski definition) is 3. The predicted molar refractivity (Wildman–Crippen MR) is 104 cm³/mol. The summed E-state index contributed by atoms with van der Waals surface area (Å²) in [5, 5.41) is 4.96. The molecule has 0 bridgehead atoms. The van der Waals surface area contributed by atoms with Gasteiger partial charge in [-0.1, -0.05) is 17.7 Å². The normalized spacial score (nSPS) is 30.7. The van der Waals surface area contributed by atoms with Crippen molar-refractivity contribution in [1.82, 2.24) is 4.90 Å². The first-order valence-electron chi connectivity index (χ1n) is 9.63. The molecule has 1 spiro atoms. The van der Waals surface area contributed by atoms with Crippen LogP contribution in [0.2, 0.25) is 5.02 Å². The summed E-state index contributed by atoms with van der Waals surface area (Å²) in [6.07, 6.45) is 0.375. The maximum Gasteiger partial charge on any atom is 0.291 e. The van der Waals surface area contributed by atoms with Crippen molar-refractivity contribution in [2.75, 3.05) is 5.32 Å². The Morgan fingerprint density at radius 1 is 1.28 bits per heavy atom. The van der Waals surface area contributed by atoms with E-state index in [-0.39, 0.29) is 24.1 Å². The molecular weight excluding hydrogens is 396 g/mol. The van der Waals surface area contributed by atoms with Gasteiger partial charge in [-0.05, 0) is 32.9 Å². The largest absolute Gasteiger partial charge is 0.370 e. The van der Waals surface area contributed by atoms with Crippen LogP contribution in [0.4, 0.5) is 5.69 Å². The fourth-order valence-corrected chi connectivity index (χ4v) is 5.41. The minimum absolute atomic E-state index is 0.0709. The summed E-state index contributed by atoms with van der Waals surface area (Å²) in [6, 6.07) is 4.73. The average molecular weight is 420 g/mol. The Bertz CT molecular complexity index is 956. The van der Waals surface area contributed by atoms with Crippen LogP contribution in [-0.2, 0) is 24.7 Å². The highest BCUT2D eigenvalue weighted by Crippen LogP contribution is 2.51. The summed E-state index contributed by atoms with van der Waals surface area (Å²) < 4.78 is 0. The van der Waals surface area contributed by atoms with Crippen molar-refractivity contribution in [2.45, 2.75) is 50.7 Å². The fourth-order valence-electron chi connectivity index (χ4n) is 5.19. The first-order valence-corrected chi connectivity index (χ1v) is 10.0. The molecule has 4 atom stereocenters. The van der Waals surface area contributed by atoms with Gasteiger partial charge in [-0.2, -0.15) is 0 Å². The van der Waals surface area contributed by atoms with Crippen LogP contribution in [0.1, 0.15) is 39.2 Å². The van der Waals surface area contributed by atoms with E-state index < -0.39 is 34.9 Å². The molecule has 0 radical (unpaired) electrons. The van der Waals surface area contributed by atoms with Gasteiger partial charge in [0.05, 0.1) is 10.7 Å². The molecule has 4 rings (SSSR count). The minimum Gasteiger partial charge on any atom is -0.370 e. The molecular formula is C20H24ClN4O4+. The van der Waals surface area contributed by atoms with Gasteiger partial charge in [0.15, 0.2) is 0 Å². The zero-order chi connectivity index (χ0) is 21.3. The van der Waals surface area contributed by atoms with E-state index in [1.54, 1.807) is 44.3 Å². The number of imide groups is 1. The number of benzene rings is 1. The highest BCUT2D eigenvalue weighted by molar-refractivity contribution is 6.35. The lowest BCUT2D eigenvalue weighted by Crippen LogP contribution is -2.99. The summed E-state index contributed by atoms with van der Waals surface area (Å²) >= 11 is 6.29. The number of carbonyl (C=O) groups excluding carboxylic acids is 4. The number of fused-ring (bicyclic) bond motifs is 4. The van der Waals surface area contributed by atoms with E-state index >= 15 is 0 Å². The molecule has 0 unspecified atom stereocenters. The van der Waals surface area contributed by atoms with Gasteiger partial charge in [0.1, 0.15) is 17.9 Å². The second-order valence-electron chi connectivity index (χ2n) is 9.01. The molecule has 29 heavy (non-hydrogen) atoms. The van der Waals surface area contributed by atoms with E-state index in [0.29, 0.717) is 22.7 Å². The van der Waals surface area contributed by atoms with Crippen LogP contribution in [-0.4, -0.2) is 40.1 Å². The van der Waals surface area contributed by atoms with Gasteiger partial charge in [-0.3, -0.25) is 24.1 Å². The second kappa shape index (κ2) is 6.27. The number of nitrogens with two attached hydrogens (primary N) is 2. The predicted octanol–water partition coefficient (Wildman–Crippen LogP) is 0.0982. The monoisotopic (exact) mass is 419 g/mol. The number of nitrogens with zero attached hydrogens (tertiary/aromatic N) is 1. The first-order chi connectivity index (χ1) is 13.5. The van der Waals surface area contributed by atoms with Crippen LogP contribution in [0, 0.1) is 11.8 Å². The molecule has 0 saturated carbocycles. The first kappa shape index (κ1) is 19.8. The van der Waals surface area contributed by atoms with Crippen molar-refractivity contribution in [3.8, 4) is 0 Å². The molecule has 3 aliphatic rings. The Hall–Kier alpha value is -2.45. The summed E-state index contributed by atoms with van der Waals surface area (Å²) in [5.41, 5.74) is 4.38. The maximum absolute atomic E-state index is 13.5. The van der Waals surface area contributed by atoms with E-state index in [4.69, 9.17) is 17.3 Å². The van der Waals surface area contributed by atoms with Crippen LogP contribution in [0.15, 0.2) is 18.2 Å². The smallest absolute Gasteiger partial charge is 0.291 e. The van der Waals surface area contributed by atoms with Crippen molar-refractivity contribution < 1.29 is 24.5 Å². The van der Waals surface area contributed by atoms with Crippen LogP contribution in [0.25, 0.3) is 0 Å². The van der Waals surface area contributed by atoms with Gasteiger partial charge >= 0.3 is 0 Å². The quantitative estimate of drug-likeness (QED) is 0.600. The molecule has 2 saturated heterocycles. The standard InChI is InChI=1S/C20H23ClN4O4/c1-19(2,3)25-16(27)13-11(7-8-12(22)26)24-20(14(13)17(25)28)9-5-4-6-10(21)15(9)23-18(20)29/h4-6,11,13-14,24H,7-8H2,1-3H3,(H2,22,26)(H,23,29)/p+1/t11-,13+,14-,20+/m0/s1. The molecule has 4 amide bonds. The molecule has 154 valence electrons. The van der Waals surface area contributed by atoms with Crippen molar-refractivity contribution in [3.05, 3.63) is 28.8 Å². The highest BCUT2D eigenvalue weighted by atomic mass is 35.5. The topological polar surface area (TPSA) is 126 Å². The van der Waals surface area contributed by atoms with Crippen molar-refractivity contribution in [1.29, 1.82) is 0 Å². The number of quaternary nitrogens is 1. The second-order valence-corrected chi connectivity index (χ2v) is 9.41. The van der Waals surface area contributed by atoms with Crippen LogP contribution < -0.4 is 16.4 Å². The number of halogens is 1. The number of carbonyl (C=O) groups is 4. The molecule has 3 aliphatic heterocycles. The number of likely N-dealkylation sites (tertiary alicyclic amines) is 1. The molecule has 1 aromatic carbocycles. The van der Waals surface area contributed by atoms with E-state index in [0.717, 1.165) is 0 Å². The Morgan fingerprint density at radius 2 is 1.97 bits per heavy atom. The minimum atomic E-state index is -1.29. The Morgan fingerprint density at radius 3 is 2.59 bits per heavy atom. The number of primary amides is 1. The third-order valence-corrected chi connectivity index (χ3v) is 6.56. The molecule has 0 aliphatic carbocycles. The molecule has 2 fully saturated rings. The lowest BCUT2D eigenvalue weighted by atomic mass is 9.76. The van der Waals surface area contributed by atoms with Gasteiger partial charge in [0.25, 0.3) is 5.91 Å². The Kier molecular flexibility index (Phi) is 4.29. The summed E-state index contributed by atoms with van der Waals surface area (Å²) in [6.45, 7) is 5.37. The Labute approximate surface area is 173 Å². The van der Waals surface area contributed by atoms with Gasteiger partial charge in [-0.25, -0.2) is 0 Å². The van der Waals surface area contributed by atoms with Crippen LogP contribution in [0.3, 0.4) is 0 Å². The number of hydrogen-bond acceptors (Lipinski definition) is 4. The lowest BCUT2D eigenvalue weighted by molar-refractivity contribution is -0.734. The van der Waals surface area contributed by atoms with E-state index in [1.807, 2.05) is 0 Å². The molecule has 1 aromatic rings. The van der Waals surface area contributed by atoms with Crippen LogP contribution in [0.5, 0.6) is 0 Å². The number of para-hydroxylation sites is 1. The van der Waals surface area contributed by atoms with Crippen molar-refractivity contribution in [3.63, 3.8) is 0 Å². The van der Waals surface area contributed by atoms with Gasteiger partial charge < -0.3 is 16.4 Å². The number of anilines is 1. The molecule has 0 aromatic heterocycles. The third kappa shape index (κ3) is 2.62. The summed E-state index contributed by atoms with van der Waals surface area (Å²) in [5.74, 6) is -3.11. The molecule has 5 N–H and O–H groups in total. The fraction of sp³-hybridized carbons (Fsp3) is 0.500. The number of amides is 4. The number of nitrogens with one attached hydrogen (secondary N) is 1. The van der Waals surface area contributed by atoms with Gasteiger partial charge in [-0.15, -0.1) is 0 Å². The zero-order valence-corrected chi connectivity index (χ0v) is 17.2. The average Bonchev–Trinajstić information content (AvgIpc) is 3.19. The Balaban J connectivity index is 1.88. The highest BCUT2D eigenvalue weighted by Gasteiger charge is 2.74. The van der Waals surface area contributed by atoms with E-state index in [2.05, 4.69) is 5.32 Å². The molecule has 3 heterocycles. The zero-order valence-electron chi connectivity index (χ0n) is 16.5. The summed E-state index contributed by atoms with van der Waals surface area (Å²) in [7, 11) is 0. The van der Waals surface area contributed by atoms with Crippen molar-refractivity contribution >= 4 is 40.9 Å².